The number of nitrogens with one attached hydrogen (secondary N) is 1. The van der Waals surface area contributed by atoms with Gasteiger partial charge in [0.2, 0.25) is 0 Å². The van der Waals surface area contributed by atoms with Gasteiger partial charge in [-0.05, 0) is 30.0 Å². The first-order chi connectivity index (χ1) is 9.61. The Balaban J connectivity index is 1.65. The molecule has 0 aromatic heterocycles. The third kappa shape index (κ3) is 2.85. The summed E-state index contributed by atoms with van der Waals surface area (Å²) in [5, 5.41) is 4.94. The van der Waals surface area contributed by atoms with Crippen LogP contribution in [0.5, 0.6) is 0 Å². The van der Waals surface area contributed by atoms with Gasteiger partial charge in [0, 0.05) is 29.9 Å². The Kier molecular flexibility index (Phi) is 4.29. The van der Waals surface area contributed by atoms with E-state index in [1.54, 1.807) is 0 Å². The van der Waals surface area contributed by atoms with Gasteiger partial charge in [-0.1, -0.05) is 36.7 Å². The maximum atomic E-state index is 6.31. The summed E-state index contributed by atoms with van der Waals surface area (Å²) in [5.74, 6) is 0. The highest BCUT2D eigenvalue weighted by Gasteiger charge is 2.39. The molecule has 0 spiro atoms. The van der Waals surface area contributed by atoms with Crippen LogP contribution in [0.4, 0.5) is 0 Å². The number of rotatable bonds is 3. The summed E-state index contributed by atoms with van der Waals surface area (Å²) in [6, 6.07) is 8.17. The summed E-state index contributed by atoms with van der Waals surface area (Å²) in [7, 11) is 0. The van der Waals surface area contributed by atoms with Crippen molar-refractivity contribution in [2.45, 2.75) is 24.1 Å². The molecule has 2 fully saturated rings. The monoisotopic (exact) mass is 311 g/mol. The summed E-state index contributed by atoms with van der Waals surface area (Å²) in [6.45, 7) is 6.26. The van der Waals surface area contributed by atoms with Crippen molar-refractivity contribution in [2.24, 2.45) is 11.1 Å². The fourth-order valence-electron chi connectivity index (χ4n) is 3.02. The molecule has 0 aliphatic carbocycles. The van der Waals surface area contributed by atoms with Crippen LogP contribution < -0.4 is 11.1 Å². The third-order valence-electron chi connectivity index (χ3n) is 4.43. The van der Waals surface area contributed by atoms with Gasteiger partial charge < -0.3 is 5.73 Å². The first kappa shape index (κ1) is 14.7. The first-order valence-corrected chi connectivity index (χ1v) is 8.51. The SMILES string of the molecule is CC1(CN)CCN(C2NCC(c3ccccc3Cl)S2)C1. The van der Waals surface area contributed by atoms with E-state index in [1.165, 1.54) is 12.0 Å². The number of likely N-dealkylation sites (tertiary alicyclic amines) is 1. The van der Waals surface area contributed by atoms with Crippen LogP contribution in [0.3, 0.4) is 0 Å². The molecule has 0 radical (unpaired) electrons. The molecule has 1 aromatic carbocycles. The van der Waals surface area contributed by atoms with Crippen molar-refractivity contribution in [3.63, 3.8) is 0 Å². The van der Waals surface area contributed by atoms with Crippen LogP contribution in [0.25, 0.3) is 0 Å². The van der Waals surface area contributed by atoms with Crippen LogP contribution in [-0.4, -0.2) is 36.6 Å². The lowest BCUT2D eigenvalue weighted by molar-refractivity contribution is 0.249. The zero-order valence-electron chi connectivity index (χ0n) is 11.8. The lowest BCUT2D eigenvalue weighted by Gasteiger charge is -2.26. The molecule has 0 bridgehead atoms. The minimum Gasteiger partial charge on any atom is -0.330 e. The lowest BCUT2D eigenvalue weighted by Crippen LogP contribution is -2.40. The molecule has 2 aliphatic heterocycles. The number of hydrogen-bond acceptors (Lipinski definition) is 4. The molecular formula is C15H22ClN3S. The van der Waals surface area contributed by atoms with Crippen molar-refractivity contribution in [1.82, 2.24) is 10.2 Å². The Hall–Kier alpha value is -0.260. The molecule has 2 aliphatic rings. The molecule has 3 unspecified atom stereocenters. The molecule has 3 N–H and O–H groups in total. The van der Waals surface area contributed by atoms with E-state index in [1.807, 2.05) is 23.9 Å². The van der Waals surface area contributed by atoms with Crippen molar-refractivity contribution in [3.05, 3.63) is 34.9 Å². The second-order valence-corrected chi connectivity index (χ2v) is 7.84. The van der Waals surface area contributed by atoms with Gasteiger partial charge in [-0.15, -0.1) is 11.8 Å². The van der Waals surface area contributed by atoms with Crippen LogP contribution in [0, 0.1) is 5.41 Å². The Morgan fingerprint density at radius 2 is 2.30 bits per heavy atom. The highest BCUT2D eigenvalue weighted by Crippen LogP contribution is 2.42. The van der Waals surface area contributed by atoms with Crippen molar-refractivity contribution in [2.75, 3.05) is 26.2 Å². The average molecular weight is 312 g/mol. The molecule has 3 nitrogen and oxygen atoms in total. The molecule has 3 atom stereocenters. The van der Waals surface area contributed by atoms with Gasteiger partial charge in [0.25, 0.3) is 0 Å². The van der Waals surface area contributed by atoms with Crippen molar-refractivity contribution in [1.29, 1.82) is 0 Å². The number of benzene rings is 1. The summed E-state index contributed by atoms with van der Waals surface area (Å²) in [5.41, 5.74) is 7.82. The molecular weight excluding hydrogens is 290 g/mol. The molecule has 0 saturated carbocycles. The summed E-state index contributed by atoms with van der Waals surface area (Å²) >= 11 is 8.28. The van der Waals surface area contributed by atoms with Crippen LogP contribution in [0.2, 0.25) is 5.02 Å². The largest absolute Gasteiger partial charge is 0.330 e. The number of thioether (sulfide) groups is 1. The maximum absolute atomic E-state index is 6.31. The Labute approximate surface area is 130 Å². The first-order valence-electron chi connectivity index (χ1n) is 7.19. The quantitative estimate of drug-likeness (QED) is 0.900. The number of halogens is 1. The van der Waals surface area contributed by atoms with Gasteiger partial charge in [0.15, 0.2) is 0 Å². The minimum absolute atomic E-state index is 0.282. The van der Waals surface area contributed by atoms with Crippen molar-refractivity contribution >= 4 is 23.4 Å². The van der Waals surface area contributed by atoms with Gasteiger partial charge in [-0.3, -0.25) is 10.2 Å². The van der Waals surface area contributed by atoms with E-state index < -0.39 is 0 Å². The highest BCUT2D eigenvalue weighted by atomic mass is 35.5. The number of nitrogens with zero attached hydrogens (tertiary/aromatic N) is 1. The van der Waals surface area contributed by atoms with E-state index >= 15 is 0 Å². The minimum atomic E-state index is 0.282. The van der Waals surface area contributed by atoms with Crippen LogP contribution in [0.1, 0.15) is 24.2 Å². The van der Waals surface area contributed by atoms with Gasteiger partial charge in [0.1, 0.15) is 5.50 Å². The second-order valence-electron chi connectivity index (χ2n) is 6.14. The Morgan fingerprint density at radius 1 is 1.50 bits per heavy atom. The van der Waals surface area contributed by atoms with Crippen molar-refractivity contribution < 1.29 is 0 Å². The number of nitrogens with two attached hydrogens (primary N) is 1. The van der Waals surface area contributed by atoms with E-state index in [0.717, 1.165) is 31.2 Å². The molecule has 2 saturated heterocycles. The molecule has 1 aromatic rings. The fraction of sp³-hybridized carbons (Fsp3) is 0.600. The van der Waals surface area contributed by atoms with Gasteiger partial charge in [-0.2, -0.15) is 0 Å². The fourth-order valence-corrected chi connectivity index (χ4v) is 4.76. The zero-order chi connectivity index (χ0) is 14.2. The van der Waals surface area contributed by atoms with Crippen LogP contribution in [0.15, 0.2) is 24.3 Å². The summed E-state index contributed by atoms with van der Waals surface area (Å²) in [6.07, 6.45) is 1.19. The lowest BCUT2D eigenvalue weighted by atomic mass is 9.90. The third-order valence-corrected chi connectivity index (χ3v) is 6.25. The predicted octanol–water partition coefficient (Wildman–Crippen LogP) is 2.67. The van der Waals surface area contributed by atoms with Crippen molar-refractivity contribution in [3.8, 4) is 0 Å². The van der Waals surface area contributed by atoms with E-state index in [2.05, 4.69) is 29.3 Å². The summed E-state index contributed by atoms with van der Waals surface area (Å²) < 4.78 is 0. The molecule has 5 heteroatoms. The second kappa shape index (κ2) is 5.85. The van der Waals surface area contributed by atoms with E-state index in [-0.39, 0.29) is 5.41 Å². The normalized spacial score (nSPS) is 34.8. The van der Waals surface area contributed by atoms with E-state index in [4.69, 9.17) is 17.3 Å². The maximum Gasteiger partial charge on any atom is 0.109 e. The van der Waals surface area contributed by atoms with Gasteiger partial charge >= 0.3 is 0 Å². The average Bonchev–Trinajstić information content (AvgIpc) is 3.07. The van der Waals surface area contributed by atoms with Gasteiger partial charge in [0.05, 0.1) is 0 Å². The molecule has 20 heavy (non-hydrogen) atoms. The Morgan fingerprint density at radius 3 is 3.00 bits per heavy atom. The standard InChI is InChI=1S/C15H22ClN3S/c1-15(9-17)6-7-19(10-15)14-18-8-13(20-14)11-4-2-3-5-12(11)16/h2-5,13-14,18H,6-10,17H2,1H3. The number of hydrogen-bond donors (Lipinski definition) is 2. The predicted molar refractivity (Wildman–Crippen MR) is 86.9 cm³/mol. The zero-order valence-corrected chi connectivity index (χ0v) is 13.4. The summed E-state index contributed by atoms with van der Waals surface area (Å²) in [4.78, 5) is 2.52. The van der Waals surface area contributed by atoms with Gasteiger partial charge in [-0.25, -0.2) is 0 Å². The smallest absolute Gasteiger partial charge is 0.109 e. The Bertz CT molecular complexity index is 484. The molecule has 2 heterocycles. The highest BCUT2D eigenvalue weighted by molar-refractivity contribution is 8.00. The van der Waals surface area contributed by atoms with Crippen LogP contribution >= 0.6 is 23.4 Å². The molecule has 110 valence electrons. The van der Waals surface area contributed by atoms with Crippen LogP contribution in [-0.2, 0) is 0 Å². The molecule has 0 amide bonds. The topological polar surface area (TPSA) is 41.3 Å². The van der Waals surface area contributed by atoms with E-state index in [0.29, 0.717) is 10.7 Å². The van der Waals surface area contributed by atoms with E-state index in [9.17, 15) is 0 Å². The molecule has 3 rings (SSSR count).